The first kappa shape index (κ1) is 28.4. The van der Waals surface area contributed by atoms with E-state index in [0.29, 0.717) is 18.9 Å². The van der Waals surface area contributed by atoms with Crippen molar-refractivity contribution in [2.45, 2.75) is 79.8 Å². The topological polar surface area (TPSA) is 52.7 Å². The molecule has 0 radical (unpaired) electrons. The van der Waals surface area contributed by atoms with Crippen LogP contribution >= 0.6 is 0 Å². The Morgan fingerprint density at radius 1 is 0.971 bits per heavy atom. The van der Waals surface area contributed by atoms with Crippen molar-refractivity contribution in [1.82, 2.24) is 4.90 Å². The predicted octanol–water partition coefficient (Wildman–Crippen LogP) is 6.69. The van der Waals surface area contributed by atoms with Gasteiger partial charge in [-0.2, -0.15) is 0 Å². The fourth-order valence-corrected chi connectivity index (χ4v) is 4.32. The van der Waals surface area contributed by atoms with Gasteiger partial charge in [0.15, 0.2) is 0 Å². The van der Waals surface area contributed by atoms with Gasteiger partial charge < -0.3 is 15.1 Å². The molecule has 0 fully saturated rings. The van der Waals surface area contributed by atoms with Crippen LogP contribution < -0.4 is 10.2 Å². The minimum atomic E-state index is -0.185. The van der Waals surface area contributed by atoms with Crippen molar-refractivity contribution in [3.05, 3.63) is 59.7 Å². The zero-order valence-electron chi connectivity index (χ0n) is 23.2. The van der Waals surface area contributed by atoms with Crippen LogP contribution in [-0.4, -0.2) is 36.9 Å². The van der Waals surface area contributed by atoms with Gasteiger partial charge in [0.05, 0.1) is 5.92 Å². The summed E-state index contributed by atoms with van der Waals surface area (Å²) in [6, 6.07) is 16.1. The third kappa shape index (κ3) is 8.12. The molecule has 5 heteroatoms. The number of carbonyl (C=O) groups excluding carboxylic acids is 2. The quantitative estimate of drug-likeness (QED) is 0.413. The molecular weight excluding hydrogens is 434 g/mol. The summed E-state index contributed by atoms with van der Waals surface area (Å²) >= 11 is 0. The van der Waals surface area contributed by atoms with Gasteiger partial charge in [-0.15, -0.1) is 0 Å². The SMILES string of the molecule is CC[C@H](C(=O)N(Cc1cc(NC(=O)CC(C)(C)C)ccc1N(C)C)[C@@H](C)C(C)C)c1ccccc1. The molecule has 0 heterocycles. The van der Waals surface area contributed by atoms with Crippen molar-refractivity contribution in [2.75, 3.05) is 24.3 Å². The molecule has 0 unspecified atom stereocenters. The number of benzene rings is 2. The molecule has 0 aromatic heterocycles. The number of carbonyl (C=O) groups is 2. The average molecular weight is 480 g/mol. The maximum atomic E-state index is 14.0. The second kappa shape index (κ2) is 12.2. The molecule has 2 aromatic carbocycles. The first-order valence-electron chi connectivity index (χ1n) is 12.8. The molecule has 35 heavy (non-hydrogen) atoms. The maximum absolute atomic E-state index is 14.0. The molecule has 0 aliphatic rings. The first-order chi connectivity index (χ1) is 16.3. The summed E-state index contributed by atoms with van der Waals surface area (Å²) in [6.45, 7) is 15.2. The lowest BCUT2D eigenvalue weighted by Gasteiger charge is -2.36. The van der Waals surface area contributed by atoms with Crippen LogP contribution in [0.4, 0.5) is 11.4 Å². The Morgan fingerprint density at radius 2 is 1.60 bits per heavy atom. The van der Waals surface area contributed by atoms with Crippen LogP contribution in [0.1, 0.15) is 78.4 Å². The van der Waals surface area contributed by atoms with E-state index in [2.05, 4.69) is 58.7 Å². The van der Waals surface area contributed by atoms with Gasteiger partial charge in [-0.25, -0.2) is 0 Å². The van der Waals surface area contributed by atoms with Gasteiger partial charge >= 0.3 is 0 Å². The maximum Gasteiger partial charge on any atom is 0.230 e. The normalized spacial score (nSPS) is 13.3. The minimum Gasteiger partial charge on any atom is -0.377 e. The monoisotopic (exact) mass is 479 g/mol. The van der Waals surface area contributed by atoms with Crippen molar-refractivity contribution in [2.24, 2.45) is 11.3 Å². The minimum absolute atomic E-state index is 0.000316. The number of anilines is 2. The Hall–Kier alpha value is -2.82. The Bertz CT molecular complexity index is 977. The van der Waals surface area contributed by atoms with Crippen LogP contribution in [0.15, 0.2) is 48.5 Å². The highest BCUT2D eigenvalue weighted by Crippen LogP contribution is 2.30. The lowest BCUT2D eigenvalue weighted by Crippen LogP contribution is -2.43. The molecule has 0 saturated heterocycles. The Morgan fingerprint density at radius 3 is 2.11 bits per heavy atom. The standard InChI is InChI=1S/C30H45N3O2/c1-10-26(23-14-12-11-13-15-23)29(35)33(22(4)21(2)3)20-24-18-25(16-17-27(24)32(8)9)31-28(34)19-30(5,6)7/h11-18,21-22,26H,10,19-20H2,1-9H3,(H,31,34)/t22-,26-/m0/s1. The molecule has 5 nitrogen and oxygen atoms in total. The zero-order valence-corrected chi connectivity index (χ0v) is 23.2. The molecule has 0 aliphatic carbocycles. The molecule has 0 aliphatic heterocycles. The molecule has 1 N–H and O–H groups in total. The van der Waals surface area contributed by atoms with Crippen molar-refractivity contribution >= 4 is 23.2 Å². The lowest BCUT2D eigenvalue weighted by molar-refractivity contribution is -0.136. The second-order valence-electron chi connectivity index (χ2n) is 11.3. The molecule has 2 rings (SSSR count). The molecule has 0 saturated carbocycles. The number of nitrogens with one attached hydrogen (secondary N) is 1. The summed E-state index contributed by atoms with van der Waals surface area (Å²) in [7, 11) is 4.01. The van der Waals surface area contributed by atoms with E-state index in [1.54, 1.807) is 0 Å². The van der Waals surface area contributed by atoms with Crippen LogP contribution in [0.25, 0.3) is 0 Å². The van der Waals surface area contributed by atoms with Gasteiger partial charge in [0.1, 0.15) is 0 Å². The van der Waals surface area contributed by atoms with Crippen LogP contribution in [0, 0.1) is 11.3 Å². The number of nitrogens with zero attached hydrogens (tertiary/aromatic N) is 2. The molecular formula is C30H45N3O2. The number of amides is 2. The van der Waals surface area contributed by atoms with E-state index in [0.717, 1.165) is 28.9 Å². The zero-order chi connectivity index (χ0) is 26.3. The molecule has 2 amide bonds. The number of hydrogen-bond acceptors (Lipinski definition) is 3. The lowest BCUT2D eigenvalue weighted by atomic mass is 9.92. The fourth-order valence-electron chi connectivity index (χ4n) is 4.32. The van der Waals surface area contributed by atoms with Crippen molar-refractivity contribution < 1.29 is 9.59 Å². The van der Waals surface area contributed by atoms with Crippen LogP contribution in [0.2, 0.25) is 0 Å². The summed E-state index contributed by atoms with van der Waals surface area (Å²) in [5, 5.41) is 3.06. The van der Waals surface area contributed by atoms with Gasteiger partial charge in [0, 0.05) is 44.5 Å². The van der Waals surface area contributed by atoms with E-state index < -0.39 is 0 Å². The summed E-state index contributed by atoms with van der Waals surface area (Å²) in [5.41, 5.74) is 3.79. The van der Waals surface area contributed by atoms with E-state index in [1.165, 1.54) is 0 Å². The highest BCUT2D eigenvalue weighted by molar-refractivity contribution is 5.91. The number of hydrogen-bond donors (Lipinski definition) is 1. The Kier molecular flexibility index (Phi) is 9.93. The van der Waals surface area contributed by atoms with E-state index >= 15 is 0 Å². The van der Waals surface area contributed by atoms with E-state index in [1.807, 2.05) is 67.5 Å². The Balaban J connectivity index is 2.43. The molecule has 0 bridgehead atoms. The highest BCUT2D eigenvalue weighted by atomic mass is 16.2. The first-order valence-corrected chi connectivity index (χ1v) is 12.8. The molecule has 192 valence electrons. The van der Waals surface area contributed by atoms with Gasteiger partial charge in [0.25, 0.3) is 0 Å². The number of rotatable bonds is 10. The molecule has 2 aromatic rings. The van der Waals surface area contributed by atoms with E-state index in [-0.39, 0.29) is 29.2 Å². The van der Waals surface area contributed by atoms with Gasteiger partial charge in [-0.1, -0.05) is 71.9 Å². The Labute approximate surface area is 212 Å². The molecule has 0 spiro atoms. The predicted molar refractivity (Wildman–Crippen MR) is 148 cm³/mol. The third-order valence-corrected chi connectivity index (χ3v) is 6.52. The van der Waals surface area contributed by atoms with E-state index in [9.17, 15) is 9.59 Å². The van der Waals surface area contributed by atoms with Crippen molar-refractivity contribution in [3.8, 4) is 0 Å². The summed E-state index contributed by atoms with van der Waals surface area (Å²) in [5.74, 6) is 0.269. The van der Waals surface area contributed by atoms with Gasteiger partial charge in [-0.05, 0) is 54.0 Å². The largest absolute Gasteiger partial charge is 0.377 e. The smallest absolute Gasteiger partial charge is 0.230 e. The average Bonchev–Trinajstić information content (AvgIpc) is 2.76. The summed E-state index contributed by atoms with van der Waals surface area (Å²) < 4.78 is 0. The van der Waals surface area contributed by atoms with Crippen LogP contribution in [-0.2, 0) is 16.1 Å². The van der Waals surface area contributed by atoms with Crippen molar-refractivity contribution in [1.29, 1.82) is 0 Å². The second-order valence-corrected chi connectivity index (χ2v) is 11.3. The summed E-state index contributed by atoms with van der Waals surface area (Å²) in [4.78, 5) is 30.6. The van der Waals surface area contributed by atoms with E-state index in [4.69, 9.17) is 0 Å². The molecule has 2 atom stereocenters. The fraction of sp³-hybridized carbons (Fsp3) is 0.533. The van der Waals surface area contributed by atoms with Gasteiger partial charge in [0.2, 0.25) is 11.8 Å². The third-order valence-electron chi connectivity index (χ3n) is 6.52. The van der Waals surface area contributed by atoms with Gasteiger partial charge in [-0.3, -0.25) is 9.59 Å². The van der Waals surface area contributed by atoms with Crippen molar-refractivity contribution in [3.63, 3.8) is 0 Å². The summed E-state index contributed by atoms with van der Waals surface area (Å²) in [6.07, 6.45) is 1.19. The van der Waals surface area contributed by atoms with Crippen LogP contribution in [0.3, 0.4) is 0 Å². The van der Waals surface area contributed by atoms with Crippen LogP contribution in [0.5, 0.6) is 0 Å². The highest BCUT2D eigenvalue weighted by Gasteiger charge is 2.30.